The highest BCUT2D eigenvalue weighted by atomic mass is 19.1. The molecular formula is C18H21FN4O. The molecule has 4 rings (SSSR count). The number of carbonyl (C=O) groups excluding carboxylic acids is 1. The Labute approximate surface area is 140 Å². The molecule has 126 valence electrons. The first-order valence-electron chi connectivity index (χ1n) is 8.52. The maximum atomic E-state index is 13.9. The third-order valence-electron chi connectivity index (χ3n) is 5.04. The van der Waals surface area contributed by atoms with Crippen LogP contribution < -0.4 is 10.2 Å². The Kier molecular flexibility index (Phi) is 4.06. The van der Waals surface area contributed by atoms with Crippen LogP contribution in [0, 0.1) is 11.7 Å². The molecule has 5 nitrogen and oxygen atoms in total. The van der Waals surface area contributed by atoms with Gasteiger partial charge in [-0.3, -0.25) is 9.78 Å². The summed E-state index contributed by atoms with van der Waals surface area (Å²) in [4.78, 5) is 20.9. The molecule has 1 amide bonds. The van der Waals surface area contributed by atoms with E-state index in [0.717, 1.165) is 43.7 Å². The monoisotopic (exact) mass is 328 g/mol. The van der Waals surface area contributed by atoms with Gasteiger partial charge in [-0.2, -0.15) is 0 Å². The van der Waals surface area contributed by atoms with Crippen LogP contribution in [0.5, 0.6) is 0 Å². The van der Waals surface area contributed by atoms with E-state index < -0.39 is 0 Å². The molecule has 0 bridgehead atoms. The predicted octanol–water partition coefficient (Wildman–Crippen LogP) is 1.63. The first kappa shape index (κ1) is 15.3. The van der Waals surface area contributed by atoms with Crippen molar-refractivity contribution in [3.63, 3.8) is 0 Å². The second-order valence-corrected chi connectivity index (χ2v) is 6.47. The quantitative estimate of drug-likeness (QED) is 0.910. The second kappa shape index (κ2) is 6.36. The standard InChI is InChI=1S/C18H21FN4O/c19-15-3-1-2-14-16(5-7-21-17(14)15)22-8-10-23(11-9-22)18(24)13-4-6-20-12-13/h1-3,5,7,13,20H,4,6,8-12H2. The average molecular weight is 328 g/mol. The van der Waals surface area contributed by atoms with Crippen molar-refractivity contribution >= 4 is 22.5 Å². The van der Waals surface area contributed by atoms with E-state index in [4.69, 9.17) is 0 Å². The molecule has 6 heteroatoms. The minimum atomic E-state index is -0.295. The number of benzene rings is 1. The summed E-state index contributed by atoms with van der Waals surface area (Å²) in [5, 5.41) is 4.08. The van der Waals surface area contributed by atoms with Crippen LogP contribution >= 0.6 is 0 Å². The molecule has 24 heavy (non-hydrogen) atoms. The van der Waals surface area contributed by atoms with Crippen LogP contribution in [0.15, 0.2) is 30.5 Å². The molecule has 2 aliphatic rings. The highest BCUT2D eigenvalue weighted by molar-refractivity contribution is 5.92. The maximum absolute atomic E-state index is 13.9. The summed E-state index contributed by atoms with van der Waals surface area (Å²) in [6, 6.07) is 6.99. The van der Waals surface area contributed by atoms with Crippen LogP contribution in [0.25, 0.3) is 10.9 Å². The summed E-state index contributed by atoms with van der Waals surface area (Å²) in [5.74, 6) is 0.106. The number of hydrogen-bond donors (Lipinski definition) is 1. The van der Waals surface area contributed by atoms with E-state index in [1.165, 1.54) is 6.07 Å². The Balaban J connectivity index is 1.50. The van der Waals surface area contributed by atoms with Crippen LogP contribution in [-0.2, 0) is 4.79 Å². The molecule has 1 atom stereocenters. The number of amides is 1. The summed E-state index contributed by atoms with van der Waals surface area (Å²) in [6.45, 7) is 4.70. The Morgan fingerprint density at radius 3 is 2.79 bits per heavy atom. The van der Waals surface area contributed by atoms with Crippen molar-refractivity contribution in [2.45, 2.75) is 6.42 Å². The number of pyridine rings is 1. The molecule has 2 fully saturated rings. The number of nitrogens with zero attached hydrogens (tertiary/aromatic N) is 3. The number of hydrogen-bond acceptors (Lipinski definition) is 4. The van der Waals surface area contributed by atoms with Gasteiger partial charge < -0.3 is 15.1 Å². The highest BCUT2D eigenvalue weighted by Crippen LogP contribution is 2.28. The van der Waals surface area contributed by atoms with Gasteiger partial charge in [-0.05, 0) is 25.1 Å². The number of halogens is 1. The Morgan fingerprint density at radius 2 is 2.04 bits per heavy atom. The number of piperazine rings is 1. The number of anilines is 1. The van der Waals surface area contributed by atoms with Crippen LogP contribution in [-0.4, -0.2) is 55.1 Å². The number of carbonyl (C=O) groups is 1. The van der Waals surface area contributed by atoms with E-state index in [9.17, 15) is 9.18 Å². The van der Waals surface area contributed by atoms with Crippen molar-refractivity contribution in [3.05, 3.63) is 36.3 Å². The van der Waals surface area contributed by atoms with Gasteiger partial charge >= 0.3 is 0 Å². The fourth-order valence-electron chi connectivity index (χ4n) is 3.69. The summed E-state index contributed by atoms with van der Waals surface area (Å²) in [6.07, 6.45) is 2.59. The lowest BCUT2D eigenvalue weighted by molar-refractivity contribution is -0.135. The van der Waals surface area contributed by atoms with E-state index in [1.54, 1.807) is 12.3 Å². The first-order valence-corrected chi connectivity index (χ1v) is 8.52. The fraction of sp³-hybridized carbons (Fsp3) is 0.444. The molecule has 2 saturated heterocycles. The van der Waals surface area contributed by atoms with Crippen molar-refractivity contribution in [1.82, 2.24) is 15.2 Å². The van der Waals surface area contributed by atoms with Gasteiger partial charge in [0.1, 0.15) is 11.3 Å². The van der Waals surface area contributed by atoms with Gasteiger partial charge in [0.2, 0.25) is 5.91 Å². The molecule has 1 N–H and O–H groups in total. The zero-order valence-corrected chi connectivity index (χ0v) is 13.5. The fourth-order valence-corrected chi connectivity index (χ4v) is 3.69. The molecule has 1 aromatic heterocycles. The van der Waals surface area contributed by atoms with Gasteiger partial charge in [-0.1, -0.05) is 12.1 Å². The zero-order valence-electron chi connectivity index (χ0n) is 13.5. The van der Waals surface area contributed by atoms with Crippen molar-refractivity contribution in [1.29, 1.82) is 0 Å². The predicted molar refractivity (Wildman–Crippen MR) is 91.5 cm³/mol. The van der Waals surface area contributed by atoms with Crippen LogP contribution in [0.3, 0.4) is 0 Å². The molecule has 2 aromatic rings. The summed E-state index contributed by atoms with van der Waals surface area (Å²) < 4.78 is 13.9. The summed E-state index contributed by atoms with van der Waals surface area (Å²) in [7, 11) is 0. The maximum Gasteiger partial charge on any atom is 0.227 e. The van der Waals surface area contributed by atoms with Gasteiger partial charge in [-0.25, -0.2) is 4.39 Å². The number of aromatic nitrogens is 1. The molecule has 0 radical (unpaired) electrons. The second-order valence-electron chi connectivity index (χ2n) is 6.47. The molecule has 1 unspecified atom stereocenters. The van der Waals surface area contributed by atoms with Gasteiger partial charge in [0.15, 0.2) is 0 Å². The smallest absolute Gasteiger partial charge is 0.227 e. The summed E-state index contributed by atoms with van der Waals surface area (Å²) >= 11 is 0. The Bertz CT molecular complexity index is 752. The van der Waals surface area contributed by atoms with E-state index in [1.807, 2.05) is 17.0 Å². The highest BCUT2D eigenvalue weighted by Gasteiger charge is 2.29. The van der Waals surface area contributed by atoms with Crippen molar-refractivity contribution in [3.8, 4) is 0 Å². The average Bonchev–Trinajstić information content (AvgIpc) is 3.16. The Hall–Kier alpha value is -2.21. The SMILES string of the molecule is O=C(C1CCNC1)N1CCN(c2ccnc3c(F)cccc23)CC1. The number of nitrogens with one attached hydrogen (secondary N) is 1. The number of para-hydroxylation sites is 1. The third-order valence-corrected chi connectivity index (χ3v) is 5.04. The van der Waals surface area contributed by atoms with Gasteiger partial charge in [0.05, 0.1) is 5.92 Å². The van der Waals surface area contributed by atoms with E-state index in [0.29, 0.717) is 18.6 Å². The van der Waals surface area contributed by atoms with E-state index >= 15 is 0 Å². The van der Waals surface area contributed by atoms with Gasteiger partial charge in [0.25, 0.3) is 0 Å². The molecule has 0 aliphatic carbocycles. The molecule has 3 heterocycles. The topological polar surface area (TPSA) is 48.5 Å². The molecule has 0 spiro atoms. The molecular weight excluding hydrogens is 307 g/mol. The van der Waals surface area contributed by atoms with E-state index in [2.05, 4.69) is 15.2 Å². The van der Waals surface area contributed by atoms with Gasteiger partial charge in [-0.15, -0.1) is 0 Å². The van der Waals surface area contributed by atoms with Crippen LogP contribution in [0.2, 0.25) is 0 Å². The number of fused-ring (bicyclic) bond motifs is 1. The van der Waals surface area contributed by atoms with Crippen molar-refractivity contribution < 1.29 is 9.18 Å². The van der Waals surface area contributed by atoms with Crippen molar-refractivity contribution in [2.24, 2.45) is 5.92 Å². The van der Waals surface area contributed by atoms with Crippen LogP contribution in [0.1, 0.15) is 6.42 Å². The van der Waals surface area contributed by atoms with Crippen LogP contribution in [0.4, 0.5) is 10.1 Å². The minimum absolute atomic E-state index is 0.132. The van der Waals surface area contributed by atoms with E-state index in [-0.39, 0.29) is 17.6 Å². The summed E-state index contributed by atoms with van der Waals surface area (Å²) in [5.41, 5.74) is 1.40. The van der Waals surface area contributed by atoms with Crippen molar-refractivity contribution in [2.75, 3.05) is 44.2 Å². The lowest BCUT2D eigenvalue weighted by Crippen LogP contribution is -2.50. The third kappa shape index (κ3) is 2.71. The zero-order chi connectivity index (χ0) is 16.5. The molecule has 0 saturated carbocycles. The molecule has 1 aromatic carbocycles. The minimum Gasteiger partial charge on any atom is -0.367 e. The van der Waals surface area contributed by atoms with Gasteiger partial charge in [0, 0.05) is 50.0 Å². The lowest BCUT2D eigenvalue weighted by Gasteiger charge is -2.37. The first-order chi connectivity index (χ1) is 11.7. The molecule has 2 aliphatic heterocycles. The Morgan fingerprint density at radius 1 is 1.21 bits per heavy atom. The number of rotatable bonds is 2. The normalized spacial score (nSPS) is 21.5. The largest absolute Gasteiger partial charge is 0.367 e. The lowest BCUT2D eigenvalue weighted by atomic mass is 10.1.